The number of aliphatic hydroxyl groups excluding tert-OH is 2. The summed E-state index contributed by atoms with van der Waals surface area (Å²) in [6.07, 6.45) is 0.765. The Balaban J connectivity index is 2.74. The van der Waals surface area contributed by atoms with Gasteiger partial charge in [-0.1, -0.05) is 6.92 Å². The van der Waals surface area contributed by atoms with Gasteiger partial charge in [0.2, 0.25) is 0 Å². The summed E-state index contributed by atoms with van der Waals surface area (Å²) in [6.45, 7) is 2.71. The number of carbonyl (C=O) groups excluding carboxylic acids is 1. The second kappa shape index (κ2) is 9.29. The van der Waals surface area contributed by atoms with Crippen LogP contribution in [0, 0.1) is 0 Å². The summed E-state index contributed by atoms with van der Waals surface area (Å²) in [5.41, 5.74) is -0.590. The molecule has 0 aliphatic heterocycles. The van der Waals surface area contributed by atoms with E-state index in [9.17, 15) is 19.8 Å². The molecule has 0 amide bonds. The molecule has 0 saturated heterocycles. The molecule has 124 valence electrons. The van der Waals surface area contributed by atoms with Crippen LogP contribution in [-0.4, -0.2) is 51.2 Å². The van der Waals surface area contributed by atoms with E-state index in [1.807, 2.05) is 6.92 Å². The SMILES string of the molecule is CCCC(=O)OC[C@H](CO)O[C@H]([C@H](C)O)n1cccnc1=O. The number of ether oxygens (including phenoxy) is 2. The van der Waals surface area contributed by atoms with Crippen molar-refractivity contribution >= 4 is 5.97 Å². The molecule has 0 spiro atoms. The highest BCUT2D eigenvalue weighted by Crippen LogP contribution is 2.14. The maximum atomic E-state index is 11.7. The van der Waals surface area contributed by atoms with Gasteiger partial charge in [-0.25, -0.2) is 9.78 Å². The Labute approximate surface area is 128 Å². The Morgan fingerprint density at radius 3 is 2.77 bits per heavy atom. The van der Waals surface area contributed by atoms with E-state index in [4.69, 9.17) is 9.47 Å². The average Bonchev–Trinajstić information content (AvgIpc) is 2.48. The molecule has 0 aliphatic carbocycles. The van der Waals surface area contributed by atoms with Crippen molar-refractivity contribution in [2.75, 3.05) is 13.2 Å². The standard InChI is InChI=1S/C14H22N2O6/c1-3-5-12(19)21-9-11(8-17)22-13(10(2)18)16-7-4-6-15-14(16)20/h4,6-7,10-11,13,17-18H,3,5,8-9H2,1-2H3/t10-,11-,13+/m0/s1. The number of aliphatic hydroxyl groups is 2. The van der Waals surface area contributed by atoms with Gasteiger partial charge in [0, 0.05) is 18.8 Å². The van der Waals surface area contributed by atoms with Crippen LogP contribution in [0.5, 0.6) is 0 Å². The van der Waals surface area contributed by atoms with Gasteiger partial charge in [-0.3, -0.25) is 9.36 Å². The normalized spacial score (nSPS) is 15.1. The van der Waals surface area contributed by atoms with Gasteiger partial charge in [0.1, 0.15) is 12.7 Å². The van der Waals surface area contributed by atoms with Gasteiger partial charge >= 0.3 is 11.7 Å². The first-order chi connectivity index (χ1) is 10.5. The number of hydrogen-bond donors (Lipinski definition) is 2. The Morgan fingerprint density at radius 1 is 1.50 bits per heavy atom. The molecular weight excluding hydrogens is 292 g/mol. The molecule has 1 rings (SSSR count). The van der Waals surface area contributed by atoms with E-state index in [1.54, 1.807) is 0 Å². The summed E-state index contributed by atoms with van der Waals surface area (Å²) in [7, 11) is 0. The van der Waals surface area contributed by atoms with Crippen LogP contribution in [0.1, 0.15) is 32.9 Å². The van der Waals surface area contributed by atoms with E-state index >= 15 is 0 Å². The van der Waals surface area contributed by atoms with E-state index in [0.717, 1.165) is 4.57 Å². The lowest BCUT2D eigenvalue weighted by atomic mass is 10.3. The molecule has 0 aromatic carbocycles. The third-order valence-corrected chi connectivity index (χ3v) is 2.85. The molecule has 2 N–H and O–H groups in total. The van der Waals surface area contributed by atoms with Gasteiger partial charge in [0.15, 0.2) is 6.23 Å². The first-order valence-corrected chi connectivity index (χ1v) is 7.12. The van der Waals surface area contributed by atoms with Crippen molar-refractivity contribution in [3.8, 4) is 0 Å². The van der Waals surface area contributed by atoms with E-state index < -0.39 is 36.7 Å². The molecule has 0 saturated carbocycles. The van der Waals surface area contributed by atoms with Gasteiger partial charge in [0.25, 0.3) is 0 Å². The molecule has 1 aromatic rings. The van der Waals surface area contributed by atoms with Crippen molar-refractivity contribution in [3.63, 3.8) is 0 Å². The monoisotopic (exact) mass is 314 g/mol. The van der Waals surface area contributed by atoms with Crippen LogP contribution in [0.3, 0.4) is 0 Å². The maximum Gasteiger partial charge on any atom is 0.349 e. The molecule has 0 radical (unpaired) electrons. The Morgan fingerprint density at radius 2 is 2.23 bits per heavy atom. The maximum absolute atomic E-state index is 11.7. The molecule has 0 bridgehead atoms. The Hall–Kier alpha value is -1.77. The first kappa shape index (κ1) is 18.3. The zero-order valence-electron chi connectivity index (χ0n) is 12.7. The highest BCUT2D eigenvalue weighted by molar-refractivity contribution is 5.69. The van der Waals surface area contributed by atoms with E-state index in [-0.39, 0.29) is 13.0 Å². The van der Waals surface area contributed by atoms with E-state index in [0.29, 0.717) is 6.42 Å². The van der Waals surface area contributed by atoms with Crippen molar-refractivity contribution in [1.82, 2.24) is 9.55 Å². The summed E-state index contributed by atoms with van der Waals surface area (Å²) < 4.78 is 11.6. The fraction of sp³-hybridized carbons (Fsp3) is 0.643. The van der Waals surface area contributed by atoms with Crippen LogP contribution in [0.4, 0.5) is 0 Å². The molecule has 0 unspecified atom stereocenters. The topological polar surface area (TPSA) is 111 Å². The third kappa shape index (κ3) is 5.55. The second-order valence-electron chi connectivity index (χ2n) is 4.81. The van der Waals surface area contributed by atoms with Crippen LogP contribution >= 0.6 is 0 Å². The number of hydrogen-bond acceptors (Lipinski definition) is 7. The predicted molar refractivity (Wildman–Crippen MR) is 77.0 cm³/mol. The van der Waals surface area contributed by atoms with Gasteiger partial charge in [-0.15, -0.1) is 0 Å². The van der Waals surface area contributed by atoms with Gasteiger partial charge in [-0.2, -0.15) is 0 Å². The van der Waals surface area contributed by atoms with E-state index in [2.05, 4.69) is 4.98 Å². The van der Waals surface area contributed by atoms with Crippen LogP contribution in [0.2, 0.25) is 0 Å². The van der Waals surface area contributed by atoms with Gasteiger partial charge < -0.3 is 19.7 Å². The Bertz CT molecular complexity index is 516. The van der Waals surface area contributed by atoms with Crippen LogP contribution in [0.25, 0.3) is 0 Å². The van der Waals surface area contributed by atoms with Crippen molar-refractivity contribution in [3.05, 3.63) is 28.9 Å². The quantitative estimate of drug-likeness (QED) is 0.609. The van der Waals surface area contributed by atoms with E-state index in [1.165, 1.54) is 25.4 Å². The van der Waals surface area contributed by atoms with Crippen molar-refractivity contribution in [2.45, 2.75) is 45.1 Å². The predicted octanol–water partition coefficient (Wildman–Crippen LogP) is -0.157. The molecule has 1 aromatic heterocycles. The first-order valence-electron chi connectivity index (χ1n) is 7.12. The number of nitrogens with zero attached hydrogens (tertiary/aromatic N) is 2. The minimum atomic E-state index is -1.04. The molecule has 3 atom stereocenters. The summed E-state index contributed by atoms with van der Waals surface area (Å²) in [5, 5.41) is 19.1. The molecule has 22 heavy (non-hydrogen) atoms. The minimum absolute atomic E-state index is 0.159. The van der Waals surface area contributed by atoms with Crippen molar-refractivity contribution < 1.29 is 24.5 Å². The molecule has 0 aliphatic rings. The summed E-state index contributed by atoms with van der Waals surface area (Å²) >= 11 is 0. The fourth-order valence-corrected chi connectivity index (χ4v) is 1.77. The van der Waals surface area contributed by atoms with Gasteiger partial charge in [-0.05, 0) is 19.4 Å². The zero-order valence-corrected chi connectivity index (χ0v) is 12.7. The average molecular weight is 314 g/mol. The third-order valence-electron chi connectivity index (χ3n) is 2.85. The molecule has 8 heteroatoms. The number of esters is 1. The van der Waals surface area contributed by atoms with Crippen molar-refractivity contribution in [2.24, 2.45) is 0 Å². The second-order valence-corrected chi connectivity index (χ2v) is 4.81. The number of rotatable bonds is 9. The zero-order chi connectivity index (χ0) is 16.5. The molecule has 8 nitrogen and oxygen atoms in total. The van der Waals surface area contributed by atoms with Crippen molar-refractivity contribution in [1.29, 1.82) is 0 Å². The minimum Gasteiger partial charge on any atom is -0.463 e. The van der Waals surface area contributed by atoms with Crippen LogP contribution in [-0.2, 0) is 14.3 Å². The Kier molecular flexibility index (Phi) is 7.72. The lowest BCUT2D eigenvalue weighted by molar-refractivity contribution is -0.163. The lowest BCUT2D eigenvalue weighted by Gasteiger charge is -2.26. The number of carbonyl (C=O) groups is 1. The summed E-state index contributed by atoms with van der Waals surface area (Å²) in [4.78, 5) is 26.6. The van der Waals surface area contributed by atoms with Crippen LogP contribution in [0.15, 0.2) is 23.3 Å². The van der Waals surface area contributed by atoms with Gasteiger partial charge in [0.05, 0.1) is 12.7 Å². The fourth-order valence-electron chi connectivity index (χ4n) is 1.77. The highest BCUT2D eigenvalue weighted by atomic mass is 16.6. The molecular formula is C14H22N2O6. The molecule has 0 fully saturated rings. The molecule has 1 heterocycles. The smallest absolute Gasteiger partial charge is 0.349 e. The summed E-state index contributed by atoms with van der Waals surface area (Å²) in [5.74, 6) is -0.392. The van der Waals surface area contributed by atoms with Crippen LogP contribution < -0.4 is 5.69 Å². The summed E-state index contributed by atoms with van der Waals surface area (Å²) in [6, 6.07) is 1.52. The largest absolute Gasteiger partial charge is 0.463 e. The lowest BCUT2D eigenvalue weighted by Crippen LogP contribution is -2.38. The highest BCUT2D eigenvalue weighted by Gasteiger charge is 2.24. The number of aromatic nitrogens is 2.